The van der Waals surface area contributed by atoms with E-state index in [9.17, 15) is 0 Å². The van der Waals surface area contributed by atoms with Crippen LogP contribution in [0.5, 0.6) is 0 Å². The summed E-state index contributed by atoms with van der Waals surface area (Å²) in [4.78, 5) is 18.8. The predicted octanol–water partition coefficient (Wildman–Crippen LogP) is 13.3. The van der Waals surface area contributed by atoms with Crippen molar-refractivity contribution in [3.05, 3.63) is 79.9 Å². The molecule has 4 rings (SSSR count). The van der Waals surface area contributed by atoms with Crippen molar-refractivity contribution in [3.63, 3.8) is 0 Å². The first kappa shape index (κ1) is 63.3. The Kier molecular flexibility index (Phi) is 98.3. The maximum Gasteiger partial charge on any atom is 0.109 e. The molecule has 1 aliphatic rings. The van der Waals surface area contributed by atoms with Crippen LogP contribution in [0.15, 0.2) is 89.9 Å². The summed E-state index contributed by atoms with van der Waals surface area (Å²) >= 11 is 0. The molecule has 7 heteroatoms. The van der Waals surface area contributed by atoms with Gasteiger partial charge in [-0.2, -0.15) is 10.2 Å². The molecule has 0 aliphatic carbocycles. The lowest BCUT2D eigenvalue weighted by Gasteiger charge is -1.88. The van der Waals surface area contributed by atoms with Crippen molar-refractivity contribution in [1.29, 1.82) is 0 Å². The molecule has 0 N–H and O–H groups in total. The van der Waals surface area contributed by atoms with Gasteiger partial charge in [-0.25, -0.2) is 4.99 Å². The van der Waals surface area contributed by atoms with Crippen molar-refractivity contribution in [2.75, 3.05) is 6.54 Å². The number of hydrogen-bond acceptors (Lipinski definition) is 7. The molecule has 0 radical (unpaired) electrons. The zero-order chi connectivity index (χ0) is 39.3. The third-order valence-corrected chi connectivity index (χ3v) is 2.17. The fourth-order valence-corrected chi connectivity index (χ4v) is 1.18. The second-order valence-electron chi connectivity index (χ2n) is 10.9. The Morgan fingerprint density at radius 3 is 0.729 bits per heavy atom. The molecule has 7 nitrogen and oxygen atoms in total. The number of nitrogens with zero attached hydrogens (tertiary/aromatic N) is 7. The summed E-state index contributed by atoms with van der Waals surface area (Å²) in [5, 5.41) is 7.07. The van der Waals surface area contributed by atoms with Crippen LogP contribution in [-0.2, 0) is 0 Å². The second kappa shape index (κ2) is 74.5. The van der Waals surface area contributed by atoms with Crippen molar-refractivity contribution >= 4 is 12.6 Å². The Bertz CT molecular complexity index is 608. The van der Waals surface area contributed by atoms with Crippen molar-refractivity contribution in [3.8, 4) is 0 Å². The van der Waals surface area contributed by atoms with Gasteiger partial charge in [0.2, 0.25) is 0 Å². The van der Waals surface area contributed by atoms with Gasteiger partial charge < -0.3 is 0 Å². The maximum atomic E-state index is 3.85. The minimum Gasteiger partial charge on any atom is -0.273 e. The van der Waals surface area contributed by atoms with Crippen LogP contribution in [0.1, 0.15) is 145 Å². The molecule has 4 heterocycles. The summed E-state index contributed by atoms with van der Waals surface area (Å²) in [6.07, 6.45) is 17.8. The molecule has 0 bridgehead atoms. The van der Waals surface area contributed by atoms with Gasteiger partial charge in [0.05, 0.1) is 0 Å². The van der Waals surface area contributed by atoms with Gasteiger partial charge in [0.1, 0.15) is 6.34 Å². The molecule has 0 fully saturated rings. The summed E-state index contributed by atoms with van der Waals surface area (Å²) in [7, 11) is 0. The van der Waals surface area contributed by atoms with Crippen LogP contribution in [0.25, 0.3) is 0 Å². The highest BCUT2D eigenvalue weighted by Crippen LogP contribution is 1.83. The SMILES string of the molecule is C1=NC=NCC1.CC.CC.CC.CC.CC(C)C.CC(C)C.CC(C)C.CC(C)C.c1ccncc1.c1ccnnc1.c1cnccn1. The van der Waals surface area contributed by atoms with E-state index in [4.69, 9.17) is 0 Å². The van der Waals surface area contributed by atoms with Gasteiger partial charge in [0.25, 0.3) is 0 Å². The molecular weight excluding hydrogens is 591 g/mol. The van der Waals surface area contributed by atoms with Gasteiger partial charge in [-0.1, -0.05) is 145 Å². The van der Waals surface area contributed by atoms with E-state index in [1.807, 2.05) is 91.9 Å². The molecule has 1 aliphatic heterocycles. The molecule has 3 aromatic rings. The van der Waals surface area contributed by atoms with Crippen LogP contribution in [0.3, 0.4) is 0 Å². The van der Waals surface area contributed by atoms with Crippen LogP contribution < -0.4 is 0 Å². The van der Waals surface area contributed by atoms with Gasteiger partial charge in [-0.15, -0.1) is 0 Å². The van der Waals surface area contributed by atoms with Crippen molar-refractivity contribution in [1.82, 2.24) is 25.1 Å². The van der Waals surface area contributed by atoms with Crippen LogP contribution in [-0.4, -0.2) is 44.2 Å². The third-order valence-electron chi connectivity index (χ3n) is 2.17. The van der Waals surface area contributed by atoms with Gasteiger partial charge in [-0.05, 0) is 47.9 Å². The Morgan fingerprint density at radius 2 is 0.646 bits per heavy atom. The lowest BCUT2D eigenvalue weighted by molar-refractivity contribution is 0.736. The Hall–Kier alpha value is -3.35. The Labute approximate surface area is 302 Å². The molecular formula is C41H83N7. The zero-order valence-electron chi connectivity index (χ0n) is 35.5. The monoisotopic (exact) mass is 674 g/mol. The molecule has 0 spiro atoms. The van der Waals surface area contributed by atoms with E-state index in [0.717, 1.165) is 36.6 Å². The van der Waals surface area contributed by atoms with Gasteiger partial charge in [-0.3, -0.25) is 19.9 Å². The van der Waals surface area contributed by atoms with E-state index in [1.54, 1.807) is 55.9 Å². The van der Waals surface area contributed by atoms with Crippen molar-refractivity contribution in [2.45, 2.75) is 145 Å². The van der Waals surface area contributed by atoms with E-state index in [0.29, 0.717) is 0 Å². The molecule has 48 heavy (non-hydrogen) atoms. The smallest absolute Gasteiger partial charge is 0.109 e. The summed E-state index contributed by atoms with van der Waals surface area (Å²) in [6, 6.07) is 9.37. The number of rotatable bonds is 0. The van der Waals surface area contributed by atoms with Crippen LogP contribution >= 0.6 is 0 Å². The van der Waals surface area contributed by atoms with E-state index in [2.05, 4.69) is 118 Å². The molecule has 0 aromatic carbocycles. The van der Waals surface area contributed by atoms with Crippen LogP contribution in [0.2, 0.25) is 0 Å². The molecule has 0 unspecified atom stereocenters. The lowest BCUT2D eigenvalue weighted by Crippen LogP contribution is -1.87. The number of aromatic nitrogens is 5. The zero-order valence-corrected chi connectivity index (χ0v) is 35.5. The Balaban J connectivity index is -0.0000000621. The van der Waals surface area contributed by atoms with Crippen LogP contribution in [0.4, 0.5) is 0 Å². The van der Waals surface area contributed by atoms with Crippen LogP contribution in [0, 0.1) is 23.7 Å². The van der Waals surface area contributed by atoms with E-state index < -0.39 is 0 Å². The molecule has 0 amide bonds. The van der Waals surface area contributed by atoms with E-state index >= 15 is 0 Å². The van der Waals surface area contributed by atoms with Gasteiger partial charge in [0.15, 0.2) is 0 Å². The highest BCUT2D eigenvalue weighted by molar-refractivity contribution is 5.74. The number of pyridine rings is 1. The van der Waals surface area contributed by atoms with E-state index in [-0.39, 0.29) is 0 Å². The minimum absolute atomic E-state index is 0.833. The third kappa shape index (κ3) is 174. The normalized spacial score (nSPS) is 8.83. The molecule has 0 atom stereocenters. The fourth-order valence-electron chi connectivity index (χ4n) is 1.18. The van der Waals surface area contributed by atoms with Crippen molar-refractivity contribution < 1.29 is 0 Å². The largest absolute Gasteiger partial charge is 0.273 e. The molecule has 0 saturated carbocycles. The standard InChI is InChI=1S/C5H5N.C4H4N2.C4H6N2.C4H4N2.4C4H10.4C2H6/c1-2-4-6-5-3-1;1-2-6-4-3-5-1;1-2-5-4-6-3-1;1-2-4-6-5-3-1;4*1-4(2)3;4*1-2/h1-5H;1-4H;2,4H,1,3H2;1-4H;4*4H,1-3H3;4*1-2H3. The molecule has 0 saturated heterocycles. The Morgan fingerprint density at radius 1 is 0.375 bits per heavy atom. The maximum absolute atomic E-state index is 3.85. The quantitative estimate of drug-likeness (QED) is 0.237. The topological polar surface area (TPSA) is 89.2 Å². The van der Waals surface area contributed by atoms with Gasteiger partial charge >= 0.3 is 0 Å². The first-order valence-electron chi connectivity index (χ1n) is 18.2. The molecule has 282 valence electrons. The van der Waals surface area contributed by atoms with E-state index in [1.165, 1.54) is 0 Å². The number of hydrogen-bond donors (Lipinski definition) is 0. The highest BCUT2D eigenvalue weighted by atomic mass is 15.1. The second-order valence-corrected chi connectivity index (χ2v) is 10.9. The summed E-state index contributed by atoms with van der Waals surface area (Å²) in [6.45, 7) is 42.9. The minimum atomic E-state index is 0.833. The van der Waals surface area contributed by atoms with Gasteiger partial charge in [0, 0.05) is 68.8 Å². The first-order chi connectivity index (χ1) is 22.9. The lowest BCUT2D eigenvalue weighted by atomic mass is 10.3. The average molecular weight is 674 g/mol. The highest BCUT2D eigenvalue weighted by Gasteiger charge is 1.79. The van der Waals surface area contributed by atoms with Crippen molar-refractivity contribution in [2.24, 2.45) is 33.7 Å². The summed E-state index contributed by atoms with van der Waals surface area (Å²) in [5.41, 5.74) is 0. The predicted molar refractivity (Wildman–Crippen MR) is 222 cm³/mol. The summed E-state index contributed by atoms with van der Waals surface area (Å²) in [5.74, 6) is 3.33. The molecule has 3 aromatic heterocycles. The number of aliphatic imine (C=N–C) groups is 2. The fraction of sp³-hybridized carbons (Fsp3) is 0.634. The average Bonchev–Trinajstić information content (AvgIpc) is 3.11. The summed E-state index contributed by atoms with van der Waals surface area (Å²) < 4.78 is 0. The first-order valence-corrected chi connectivity index (χ1v) is 18.2.